The van der Waals surface area contributed by atoms with Crippen LogP contribution in [0.1, 0.15) is 33.6 Å². The normalized spacial score (nSPS) is 23.7. The first-order valence-electron chi connectivity index (χ1n) is 6.32. The van der Waals surface area contributed by atoms with E-state index in [0.717, 1.165) is 19.6 Å². The Morgan fingerprint density at radius 2 is 2.25 bits per heavy atom. The molecule has 0 aliphatic carbocycles. The molecule has 1 saturated heterocycles. The van der Waals surface area contributed by atoms with Gasteiger partial charge in [-0.3, -0.25) is 4.79 Å². The zero-order chi connectivity index (χ0) is 12.1. The van der Waals surface area contributed by atoms with Crippen LogP contribution in [-0.4, -0.2) is 42.5 Å². The van der Waals surface area contributed by atoms with Crippen molar-refractivity contribution in [1.29, 1.82) is 0 Å². The van der Waals surface area contributed by atoms with Gasteiger partial charge in [-0.1, -0.05) is 6.92 Å². The van der Waals surface area contributed by atoms with E-state index in [2.05, 4.69) is 24.1 Å². The Kier molecular flexibility index (Phi) is 5.22. The Labute approximate surface area is 98.6 Å². The number of nitrogens with one attached hydrogen (secondary N) is 1. The number of carbonyl (C=O) groups excluding carboxylic acids is 1. The van der Waals surface area contributed by atoms with Crippen molar-refractivity contribution in [3.63, 3.8) is 0 Å². The fourth-order valence-electron chi connectivity index (χ4n) is 2.06. The summed E-state index contributed by atoms with van der Waals surface area (Å²) in [6.45, 7) is 9.38. The van der Waals surface area contributed by atoms with Crippen LogP contribution in [0.3, 0.4) is 0 Å². The maximum atomic E-state index is 11.5. The molecule has 2 atom stereocenters. The zero-order valence-corrected chi connectivity index (χ0v) is 10.7. The third-order valence-corrected chi connectivity index (χ3v) is 3.39. The fourth-order valence-corrected chi connectivity index (χ4v) is 2.06. The summed E-state index contributed by atoms with van der Waals surface area (Å²) in [6, 6.07) is 0.265. The van der Waals surface area contributed by atoms with Crippen LogP contribution in [0.4, 0.5) is 0 Å². The molecule has 1 amide bonds. The Balaban J connectivity index is 2.22. The van der Waals surface area contributed by atoms with Crippen LogP contribution in [0.5, 0.6) is 0 Å². The molecule has 0 radical (unpaired) electrons. The summed E-state index contributed by atoms with van der Waals surface area (Å²) >= 11 is 0. The number of carbonyl (C=O) groups is 1. The van der Waals surface area contributed by atoms with Gasteiger partial charge < -0.3 is 16.0 Å². The molecule has 4 nitrogen and oxygen atoms in total. The highest BCUT2D eigenvalue weighted by atomic mass is 16.2. The molecule has 1 heterocycles. The van der Waals surface area contributed by atoms with Gasteiger partial charge in [0, 0.05) is 19.1 Å². The lowest BCUT2D eigenvalue weighted by Crippen LogP contribution is -2.42. The lowest BCUT2D eigenvalue weighted by atomic mass is 10.1. The van der Waals surface area contributed by atoms with Crippen molar-refractivity contribution < 1.29 is 4.79 Å². The van der Waals surface area contributed by atoms with Gasteiger partial charge in [-0.25, -0.2) is 0 Å². The first-order valence-corrected chi connectivity index (χ1v) is 6.32. The number of nitrogens with two attached hydrogens (primary N) is 1. The van der Waals surface area contributed by atoms with Gasteiger partial charge in [0.1, 0.15) is 0 Å². The van der Waals surface area contributed by atoms with Crippen molar-refractivity contribution in [2.24, 2.45) is 11.7 Å². The van der Waals surface area contributed by atoms with E-state index >= 15 is 0 Å². The molecular weight excluding hydrogens is 202 g/mol. The Morgan fingerprint density at radius 1 is 1.56 bits per heavy atom. The molecule has 0 saturated carbocycles. The van der Waals surface area contributed by atoms with Gasteiger partial charge in [0.25, 0.3) is 0 Å². The Morgan fingerprint density at radius 3 is 2.75 bits per heavy atom. The van der Waals surface area contributed by atoms with E-state index in [1.54, 1.807) is 0 Å². The van der Waals surface area contributed by atoms with Crippen molar-refractivity contribution in [3.8, 4) is 0 Å². The van der Waals surface area contributed by atoms with Crippen LogP contribution in [0.15, 0.2) is 0 Å². The van der Waals surface area contributed by atoms with Gasteiger partial charge >= 0.3 is 0 Å². The van der Waals surface area contributed by atoms with Crippen LogP contribution < -0.4 is 11.1 Å². The first-order chi connectivity index (χ1) is 7.54. The number of likely N-dealkylation sites (tertiary alicyclic amines) is 1. The van der Waals surface area contributed by atoms with Crippen LogP contribution in [0.2, 0.25) is 0 Å². The molecule has 0 aromatic heterocycles. The lowest BCUT2D eigenvalue weighted by molar-refractivity contribution is -0.122. The van der Waals surface area contributed by atoms with Crippen molar-refractivity contribution in [3.05, 3.63) is 0 Å². The molecule has 2 unspecified atom stereocenters. The molecule has 1 rings (SSSR count). The van der Waals surface area contributed by atoms with Crippen LogP contribution in [-0.2, 0) is 4.79 Å². The summed E-state index contributed by atoms with van der Waals surface area (Å²) in [5, 5.41) is 2.94. The summed E-state index contributed by atoms with van der Waals surface area (Å²) in [5.74, 6) is 0.584. The van der Waals surface area contributed by atoms with Crippen molar-refractivity contribution >= 4 is 5.91 Å². The minimum atomic E-state index is -0.345. The first kappa shape index (κ1) is 13.5. The molecule has 1 aliphatic heterocycles. The lowest BCUT2D eigenvalue weighted by Gasteiger charge is -2.20. The maximum absolute atomic E-state index is 11.5. The monoisotopic (exact) mass is 227 g/mol. The fraction of sp³-hybridized carbons (Fsp3) is 0.917. The quantitative estimate of drug-likeness (QED) is 0.722. The second-order valence-electron chi connectivity index (χ2n) is 5.00. The highest BCUT2D eigenvalue weighted by molar-refractivity contribution is 5.81. The SMILES string of the molecule is CCC(N)C(=O)NCC1CCN(C(C)C)C1. The number of nitrogens with zero attached hydrogens (tertiary/aromatic N) is 1. The van der Waals surface area contributed by atoms with E-state index in [1.807, 2.05) is 6.92 Å². The predicted molar refractivity (Wildman–Crippen MR) is 66.1 cm³/mol. The summed E-state index contributed by atoms with van der Waals surface area (Å²) in [4.78, 5) is 14.0. The van der Waals surface area contributed by atoms with Crippen LogP contribution in [0.25, 0.3) is 0 Å². The third kappa shape index (κ3) is 3.76. The summed E-state index contributed by atoms with van der Waals surface area (Å²) < 4.78 is 0. The molecule has 94 valence electrons. The second-order valence-corrected chi connectivity index (χ2v) is 5.00. The molecule has 16 heavy (non-hydrogen) atoms. The van der Waals surface area contributed by atoms with Gasteiger partial charge in [-0.2, -0.15) is 0 Å². The zero-order valence-electron chi connectivity index (χ0n) is 10.7. The topological polar surface area (TPSA) is 58.4 Å². The summed E-state index contributed by atoms with van der Waals surface area (Å²) in [6.07, 6.45) is 1.88. The van der Waals surface area contributed by atoms with Crippen LogP contribution >= 0.6 is 0 Å². The number of hydrogen-bond donors (Lipinski definition) is 2. The molecule has 4 heteroatoms. The van der Waals surface area contributed by atoms with Crippen molar-refractivity contribution in [2.45, 2.75) is 45.7 Å². The van der Waals surface area contributed by atoms with Gasteiger partial charge in [0.05, 0.1) is 6.04 Å². The second kappa shape index (κ2) is 6.21. The van der Waals surface area contributed by atoms with E-state index in [9.17, 15) is 4.79 Å². The molecule has 1 aliphatic rings. The molecule has 1 fully saturated rings. The van der Waals surface area contributed by atoms with E-state index in [-0.39, 0.29) is 11.9 Å². The smallest absolute Gasteiger partial charge is 0.236 e. The van der Waals surface area contributed by atoms with E-state index in [0.29, 0.717) is 18.4 Å². The van der Waals surface area contributed by atoms with E-state index < -0.39 is 0 Å². The average molecular weight is 227 g/mol. The van der Waals surface area contributed by atoms with Crippen molar-refractivity contribution in [2.75, 3.05) is 19.6 Å². The van der Waals surface area contributed by atoms with Gasteiger partial charge in [0.15, 0.2) is 0 Å². The summed E-state index contributed by atoms with van der Waals surface area (Å²) in [5.41, 5.74) is 5.65. The Bertz CT molecular complexity index is 230. The largest absolute Gasteiger partial charge is 0.354 e. The minimum Gasteiger partial charge on any atom is -0.354 e. The third-order valence-electron chi connectivity index (χ3n) is 3.39. The Hall–Kier alpha value is -0.610. The molecule has 0 bridgehead atoms. The van der Waals surface area contributed by atoms with E-state index in [4.69, 9.17) is 5.73 Å². The average Bonchev–Trinajstić information content (AvgIpc) is 2.73. The number of rotatable bonds is 5. The number of hydrogen-bond acceptors (Lipinski definition) is 3. The standard InChI is InChI=1S/C12H25N3O/c1-4-11(13)12(16)14-7-10-5-6-15(8-10)9(2)3/h9-11H,4-8,13H2,1-3H3,(H,14,16). The van der Waals surface area contributed by atoms with E-state index in [1.165, 1.54) is 6.42 Å². The van der Waals surface area contributed by atoms with Gasteiger partial charge in [0.2, 0.25) is 5.91 Å². The van der Waals surface area contributed by atoms with Gasteiger partial charge in [-0.05, 0) is 39.2 Å². The van der Waals surface area contributed by atoms with Crippen LogP contribution in [0, 0.1) is 5.92 Å². The van der Waals surface area contributed by atoms with Crippen molar-refractivity contribution in [1.82, 2.24) is 10.2 Å². The highest BCUT2D eigenvalue weighted by Crippen LogP contribution is 2.17. The highest BCUT2D eigenvalue weighted by Gasteiger charge is 2.24. The number of amides is 1. The molecule has 0 spiro atoms. The molecule has 0 aromatic rings. The predicted octanol–water partition coefficient (Wildman–Crippen LogP) is 0.570. The summed E-state index contributed by atoms with van der Waals surface area (Å²) in [7, 11) is 0. The van der Waals surface area contributed by atoms with Gasteiger partial charge in [-0.15, -0.1) is 0 Å². The maximum Gasteiger partial charge on any atom is 0.236 e. The molecule has 0 aromatic carbocycles. The molecular formula is C12H25N3O. The minimum absolute atomic E-state index is 0.00880. The molecule has 3 N–H and O–H groups in total.